The lowest BCUT2D eigenvalue weighted by Crippen LogP contribution is -2.53. The molecule has 3 heterocycles. The molecule has 224 valence electrons. The van der Waals surface area contributed by atoms with Gasteiger partial charge in [-0.25, -0.2) is 17.7 Å². The van der Waals surface area contributed by atoms with E-state index in [0.717, 1.165) is 19.4 Å². The number of nitrogens with zero attached hydrogens (tertiary/aromatic N) is 2. The zero-order valence-corrected chi connectivity index (χ0v) is 24.7. The number of methoxy groups -OCH3 is 1. The van der Waals surface area contributed by atoms with Gasteiger partial charge in [-0.1, -0.05) is 0 Å². The fraction of sp³-hybridized carbons (Fsp3) is 0.926. The van der Waals surface area contributed by atoms with Crippen LogP contribution in [0.3, 0.4) is 0 Å². The molecule has 39 heavy (non-hydrogen) atoms. The van der Waals surface area contributed by atoms with E-state index in [1.807, 2.05) is 0 Å². The van der Waals surface area contributed by atoms with Crippen LogP contribution in [0, 0.1) is 23.2 Å². The molecule has 1 saturated carbocycles. The van der Waals surface area contributed by atoms with Gasteiger partial charge in [0.25, 0.3) is 0 Å². The summed E-state index contributed by atoms with van der Waals surface area (Å²) in [5.41, 5.74) is 2.74. The first-order valence-electron chi connectivity index (χ1n) is 14.4. The normalized spacial score (nSPS) is 33.5. The summed E-state index contributed by atoms with van der Waals surface area (Å²) >= 11 is 0. The van der Waals surface area contributed by atoms with Crippen molar-refractivity contribution in [3.63, 3.8) is 0 Å². The molecule has 4 aliphatic rings. The molecule has 3 saturated heterocycles. The predicted octanol–water partition coefficient (Wildman–Crippen LogP) is 1.65. The van der Waals surface area contributed by atoms with Crippen molar-refractivity contribution in [1.29, 1.82) is 0 Å². The molecule has 2 N–H and O–H groups in total. The Bertz CT molecular complexity index is 963. The van der Waals surface area contributed by atoms with Gasteiger partial charge in [0.05, 0.1) is 29.3 Å². The molecule has 1 aliphatic carbocycles. The summed E-state index contributed by atoms with van der Waals surface area (Å²) in [6, 6.07) is 0.0982. The van der Waals surface area contributed by atoms with E-state index in [0.29, 0.717) is 45.3 Å². The number of nitrogens with one attached hydrogen (secondary N) is 1. The van der Waals surface area contributed by atoms with Crippen LogP contribution in [-0.2, 0) is 33.8 Å². The van der Waals surface area contributed by atoms with E-state index in [1.165, 1.54) is 0 Å². The quantitative estimate of drug-likeness (QED) is 0.326. The van der Waals surface area contributed by atoms with Gasteiger partial charge in [-0.15, -0.1) is 0 Å². The van der Waals surface area contributed by atoms with E-state index < -0.39 is 45.5 Å². The van der Waals surface area contributed by atoms with Gasteiger partial charge in [0.2, 0.25) is 16.8 Å². The molecule has 12 heteroatoms. The van der Waals surface area contributed by atoms with Crippen molar-refractivity contribution in [2.45, 2.75) is 95.6 Å². The minimum atomic E-state index is -3.56. The first kappa shape index (κ1) is 30.6. The third kappa shape index (κ3) is 7.32. The lowest BCUT2D eigenvalue weighted by molar-refractivity contribution is -0.173. The Balaban J connectivity index is 1.37. The van der Waals surface area contributed by atoms with E-state index in [9.17, 15) is 23.1 Å². The number of fused-ring (bicyclic) bond motifs is 1. The van der Waals surface area contributed by atoms with Gasteiger partial charge in [0.1, 0.15) is 0 Å². The SMILES string of the molecule is COC1CCN(S(=O)(=O)C2CC(O)CCC2C2CCN3NCC(CC(=O)OCOC(=O)C(C)(C)C)C3C2)CC1. The van der Waals surface area contributed by atoms with Gasteiger partial charge < -0.3 is 19.3 Å². The number of piperidine rings is 2. The van der Waals surface area contributed by atoms with Gasteiger partial charge >= 0.3 is 11.9 Å². The molecule has 6 atom stereocenters. The van der Waals surface area contributed by atoms with Crippen LogP contribution >= 0.6 is 0 Å². The van der Waals surface area contributed by atoms with E-state index in [-0.39, 0.29) is 42.7 Å². The van der Waals surface area contributed by atoms with Gasteiger partial charge in [0, 0.05) is 45.2 Å². The third-order valence-electron chi connectivity index (χ3n) is 9.13. The fourth-order valence-corrected chi connectivity index (χ4v) is 9.17. The van der Waals surface area contributed by atoms with Gasteiger partial charge in [0.15, 0.2) is 0 Å². The first-order valence-corrected chi connectivity index (χ1v) is 15.9. The topological polar surface area (TPSA) is 135 Å². The van der Waals surface area contributed by atoms with Crippen LogP contribution < -0.4 is 5.43 Å². The van der Waals surface area contributed by atoms with Crippen molar-refractivity contribution in [2.24, 2.45) is 23.2 Å². The highest BCUT2D eigenvalue weighted by Gasteiger charge is 2.48. The van der Waals surface area contributed by atoms with Gasteiger partial charge in [-0.3, -0.25) is 15.0 Å². The maximum Gasteiger partial charge on any atom is 0.314 e. The maximum atomic E-state index is 13.8. The molecule has 11 nitrogen and oxygen atoms in total. The number of hydrogen-bond donors (Lipinski definition) is 2. The highest BCUT2D eigenvalue weighted by atomic mass is 32.2. The van der Waals surface area contributed by atoms with E-state index >= 15 is 0 Å². The highest BCUT2D eigenvalue weighted by Crippen LogP contribution is 2.43. The Hall–Kier alpha value is -1.31. The maximum absolute atomic E-state index is 13.8. The number of rotatable bonds is 8. The second-order valence-corrected chi connectivity index (χ2v) is 14.9. The number of esters is 2. The Morgan fingerprint density at radius 2 is 1.72 bits per heavy atom. The Morgan fingerprint density at radius 3 is 2.38 bits per heavy atom. The zero-order chi connectivity index (χ0) is 28.4. The van der Waals surface area contributed by atoms with Crippen molar-refractivity contribution in [2.75, 3.05) is 40.1 Å². The van der Waals surface area contributed by atoms with E-state index in [4.69, 9.17) is 14.2 Å². The molecule has 0 amide bonds. The molecule has 3 aliphatic heterocycles. The average Bonchev–Trinajstić information content (AvgIpc) is 3.29. The standard InChI is InChI=1S/C27H47N3O8S/c1-27(2,3)26(33)38-17-37-25(32)14-19-16-28-30-12-7-18(13-23(19)30)22-6-5-20(31)15-24(22)39(34,35)29-10-8-21(36-4)9-11-29/h18-24,28,31H,5-17H2,1-4H3. The molecular formula is C27H47N3O8S. The summed E-state index contributed by atoms with van der Waals surface area (Å²) in [4.78, 5) is 24.5. The number of aliphatic hydroxyl groups excluding tert-OH is 1. The third-order valence-corrected chi connectivity index (χ3v) is 11.5. The number of aliphatic hydroxyl groups is 1. The largest absolute Gasteiger partial charge is 0.428 e. The average molecular weight is 574 g/mol. The summed E-state index contributed by atoms with van der Waals surface area (Å²) < 4.78 is 45.0. The van der Waals surface area contributed by atoms with Crippen LogP contribution in [0.4, 0.5) is 0 Å². The van der Waals surface area contributed by atoms with Crippen molar-refractivity contribution in [1.82, 2.24) is 14.7 Å². The summed E-state index contributed by atoms with van der Waals surface area (Å²) in [6.45, 7) is 7.17. The van der Waals surface area contributed by atoms with Gasteiger partial charge in [-0.05, 0) is 77.6 Å². The number of hydrogen-bond acceptors (Lipinski definition) is 10. The Labute approximate surface area is 232 Å². The summed E-state index contributed by atoms with van der Waals surface area (Å²) in [7, 11) is -1.89. The molecule has 0 spiro atoms. The van der Waals surface area contributed by atoms with Gasteiger partial charge in [-0.2, -0.15) is 0 Å². The number of sulfonamides is 1. The Morgan fingerprint density at radius 1 is 1.00 bits per heavy atom. The molecule has 0 aromatic carbocycles. The van der Waals surface area contributed by atoms with Crippen LogP contribution in [0.1, 0.15) is 72.1 Å². The second kappa shape index (κ2) is 12.7. The summed E-state index contributed by atoms with van der Waals surface area (Å²) in [5, 5.41) is 12.1. The Kier molecular flexibility index (Phi) is 9.97. The minimum absolute atomic E-state index is 0.0225. The minimum Gasteiger partial charge on any atom is -0.428 e. The monoisotopic (exact) mass is 573 g/mol. The van der Waals surface area contributed by atoms with Crippen molar-refractivity contribution in [3.8, 4) is 0 Å². The van der Waals surface area contributed by atoms with Crippen molar-refractivity contribution < 1.29 is 37.3 Å². The molecule has 0 aromatic heterocycles. The lowest BCUT2D eigenvalue weighted by Gasteiger charge is -2.45. The number of ether oxygens (including phenoxy) is 3. The predicted molar refractivity (Wildman–Crippen MR) is 143 cm³/mol. The number of carbonyl (C=O) groups excluding carboxylic acids is 2. The fourth-order valence-electron chi connectivity index (χ4n) is 6.80. The van der Waals surface area contributed by atoms with E-state index in [1.54, 1.807) is 32.2 Å². The lowest BCUT2D eigenvalue weighted by atomic mass is 9.72. The van der Waals surface area contributed by atoms with Crippen LogP contribution in [0.5, 0.6) is 0 Å². The van der Waals surface area contributed by atoms with Crippen molar-refractivity contribution in [3.05, 3.63) is 0 Å². The van der Waals surface area contributed by atoms with Crippen molar-refractivity contribution >= 4 is 22.0 Å². The molecule has 4 rings (SSSR count). The summed E-state index contributed by atoms with van der Waals surface area (Å²) in [5.74, 6) is -0.639. The number of hydrazine groups is 1. The zero-order valence-electron chi connectivity index (χ0n) is 23.8. The highest BCUT2D eigenvalue weighted by molar-refractivity contribution is 7.89. The van der Waals surface area contributed by atoms with E-state index in [2.05, 4.69) is 10.4 Å². The second-order valence-electron chi connectivity index (χ2n) is 12.7. The number of carbonyl (C=O) groups is 2. The molecule has 0 bridgehead atoms. The molecule has 4 fully saturated rings. The molecule has 6 unspecified atom stereocenters. The van der Waals surface area contributed by atoms with Crippen LogP contribution in [-0.4, -0.2) is 98.4 Å². The van der Waals surface area contributed by atoms with Crippen LogP contribution in [0.2, 0.25) is 0 Å². The first-order chi connectivity index (χ1) is 18.4. The van der Waals surface area contributed by atoms with Crippen LogP contribution in [0.15, 0.2) is 0 Å². The summed E-state index contributed by atoms with van der Waals surface area (Å²) in [6.07, 6.45) is 4.34. The smallest absolute Gasteiger partial charge is 0.314 e. The van der Waals surface area contributed by atoms with Crippen LogP contribution in [0.25, 0.3) is 0 Å². The molecule has 0 aromatic rings. The molecule has 0 radical (unpaired) electrons. The molecular weight excluding hydrogens is 526 g/mol.